The van der Waals surface area contributed by atoms with Gasteiger partial charge in [0.05, 0.1) is 11.6 Å². The van der Waals surface area contributed by atoms with E-state index in [1.807, 2.05) is 61.5 Å². The minimum atomic E-state index is -1.29. The number of pyridine rings is 1. The van der Waals surface area contributed by atoms with Crippen molar-refractivity contribution in [3.63, 3.8) is 0 Å². The van der Waals surface area contributed by atoms with Crippen LogP contribution in [0.25, 0.3) is 11.1 Å². The number of likely N-dealkylation sites (N-methyl/N-ethyl adjacent to an activating group) is 1. The molecule has 1 atom stereocenters. The van der Waals surface area contributed by atoms with Crippen molar-refractivity contribution < 1.29 is 4.79 Å². The zero-order chi connectivity index (χ0) is 21.3. The van der Waals surface area contributed by atoms with E-state index in [-0.39, 0.29) is 11.9 Å². The van der Waals surface area contributed by atoms with Crippen LogP contribution in [0, 0.1) is 11.3 Å². The van der Waals surface area contributed by atoms with Crippen LogP contribution in [-0.2, 0) is 16.8 Å². The summed E-state index contributed by atoms with van der Waals surface area (Å²) in [6, 6.07) is 21.0. The Labute approximate surface area is 175 Å². The number of benzene rings is 2. The molecule has 0 aliphatic carbocycles. The number of aliphatic imine (C=N–C) groups is 1. The summed E-state index contributed by atoms with van der Waals surface area (Å²) in [4.78, 5) is 23.9. The fraction of sp³-hybridized carbons (Fsp3) is 0.167. The fourth-order valence-electron chi connectivity index (χ4n) is 3.72. The SMILES string of the molecule is CCc1ccc(C2(c3cccc(-c4cccc(C#N)c4)c3)N=C(N)N(C)C2=O)cn1. The number of carbonyl (C=O) groups excluding carboxylic acids is 1. The first-order chi connectivity index (χ1) is 14.5. The van der Waals surface area contributed by atoms with Gasteiger partial charge < -0.3 is 5.73 Å². The van der Waals surface area contributed by atoms with Crippen molar-refractivity contribution in [1.29, 1.82) is 5.26 Å². The van der Waals surface area contributed by atoms with Crippen LogP contribution in [0.3, 0.4) is 0 Å². The Bertz CT molecular complexity index is 1190. The van der Waals surface area contributed by atoms with Crippen LogP contribution >= 0.6 is 0 Å². The van der Waals surface area contributed by atoms with E-state index < -0.39 is 5.54 Å². The molecule has 1 aromatic heterocycles. The van der Waals surface area contributed by atoms with Crippen LogP contribution in [0.2, 0.25) is 0 Å². The molecule has 2 aromatic carbocycles. The largest absolute Gasteiger partial charge is 0.369 e. The molecule has 0 fully saturated rings. The third kappa shape index (κ3) is 3.01. The number of aryl methyl sites for hydroxylation is 1. The molecule has 1 unspecified atom stereocenters. The van der Waals surface area contributed by atoms with Crippen LogP contribution in [0.1, 0.15) is 29.3 Å². The van der Waals surface area contributed by atoms with Crippen LogP contribution < -0.4 is 5.73 Å². The van der Waals surface area contributed by atoms with Crippen molar-refractivity contribution in [2.45, 2.75) is 18.9 Å². The van der Waals surface area contributed by atoms with Gasteiger partial charge in [-0.3, -0.25) is 14.7 Å². The van der Waals surface area contributed by atoms with Gasteiger partial charge in [-0.1, -0.05) is 43.3 Å². The van der Waals surface area contributed by atoms with Crippen LogP contribution in [0.4, 0.5) is 0 Å². The van der Waals surface area contributed by atoms with Gasteiger partial charge >= 0.3 is 0 Å². The zero-order valence-corrected chi connectivity index (χ0v) is 16.8. The Morgan fingerprint density at radius 3 is 2.40 bits per heavy atom. The number of nitrogens with two attached hydrogens (primary N) is 1. The van der Waals surface area contributed by atoms with Gasteiger partial charge in [0.1, 0.15) is 0 Å². The highest BCUT2D eigenvalue weighted by molar-refractivity contribution is 6.09. The van der Waals surface area contributed by atoms with Gasteiger partial charge in [-0.25, -0.2) is 4.99 Å². The van der Waals surface area contributed by atoms with E-state index in [9.17, 15) is 10.1 Å². The molecule has 1 amide bonds. The second kappa shape index (κ2) is 7.45. The molecule has 4 rings (SSSR count). The van der Waals surface area contributed by atoms with Crippen LogP contribution in [-0.4, -0.2) is 28.8 Å². The van der Waals surface area contributed by atoms with E-state index in [1.54, 1.807) is 19.3 Å². The van der Waals surface area contributed by atoms with Gasteiger partial charge in [0.25, 0.3) is 5.91 Å². The van der Waals surface area contributed by atoms with Crippen molar-refractivity contribution in [3.05, 3.63) is 89.2 Å². The van der Waals surface area contributed by atoms with Gasteiger partial charge in [-0.15, -0.1) is 0 Å². The molecule has 0 radical (unpaired) electrons. The highest BCUT2D eigenvalue weighted by Crippen LogP contribution is 2.40. The summed E-state index contributed by atoms with van der Waals surface area (Å²) < 4.78 is 0. The quantitative estimate of drug-likeness (QED) is 0.734. The maximum atomic E-state index is 13.4. The number of aromatic nitrogens is 1. The average Bonchev–Trinajstić information content (AvgIpc) is 3.04. The van der Waals surface area contributed by atoms with E-state index >= 15 is 0 Å². The van der Waals surface area contributed by atoms with Gasteiger partial charge in [-0.05, 0) is 47.4 Å². The third-order valence-electron chi connectivity index (χ3n) is 5.45. The predicted octanol–water partition coefficient (Wildman–Crippen LogP) is 3.21. The Morgan fingerprint density at radius 2 is 1.80 bits per heavy atom. The average molecular weight is 395 g/mol. The maximum absolute atomic E-state index is 13.4. The molecule has 6 heteroatoms. The smallest absolute Gasteiger partial charge is 0.266 e. The molecule has 0 spiro atoms. The Hall–Kier alpha value is -3.98. The molecular formula is C24H21N5O. The van der Waals surface area contributed by atoms with Gasteiger partial charge in [0, 0.05) is 24.5 Å². The number of amides is 1. The first-order valence-electron chi connectivity index (χ1n) is 9.69. The number of rotatable bonds is 4. The molecule has 1 aliphatic rings. The number of hydrogen-bond acceptors (Lipinski definition) is 5. The molecule has 0 saturated carbocycles. The van der Waals surface area contributed by atoms with Crippen molar-refractivity contribution in [2.75, 3.05) is 7.05 Å². The van der Waals surface area contributed by atoms with Gasteiger partial charge in [0.2, 0.25) is 0 Å². The highest BCUT2D eigenvalue weighted by atomic mass is 16.2. The lowest BCUT2D eigenvalue weighted by molar-refractivity contribution is -0.129. The summed E-state index contributed by atoms with van der Waals surface area (Å²) in [6.45, 7) is 2.03. The summed E-state index contributed by atoms with van der Waals surface area (Å²) in [7, 11) is 1.62. The summed E-state index contributed by atoms with van der Waals surface area (Å²) in [6.07, 6.45) is 2.51. The molecule has 1 aliphatic heterocycles. The number of guanidine groups is 1. The van der Waals surface area contributed by atoms with Crippen LogP contribution in [0.15, 0.2) is 71.9 Å². The fourth-order valence-corrected chi connectivity index (χ4v) is 3.72. The van der Waals surface area contributed by atoms with E-state index in [2.05, 4.69) is 16.0 Å². The Balaban J connectivity index is 1.91. The Morgan fingerprint density at radius 1 is 1.07 bits per heavy atom. The molecule has 0 bridgehead atoms. The molecule has 30 heavy (non-hydrogen) atoms. The minimum absolute atomic E-state index is 0.163. The van der Waals surface area contributed by atoms with E-state index in [4.69, 9.17) is 5.73 Å². The molecule has 0 saturated heterocycles. The van der Waals surface area contributed by atoms with E-state index in [1.165, 1.54) is 4.90 Å². The van der Waals surface area contributed by atoms with Crippen molar-refractivity contribution in [1.82, 2.24) is 9.88 Å². The molecule has 2 N–H and O–H groups in total. The van der Waals surface area contributed by atoms with Crippen molar-refractivity contribution in [2.24, 2.45) is 10.7 Å². The number of carbonyl (C=O) groups is 1. The van der Waals surface area contributed by atoms with Gasteiger partial charge in [0.15, 0.2) is 11.5 Å². The summed E-state index contributed by atoms with van der Waals surface area (Å²) >= 11 is 0. The maximum Gasteiger partial charge on any atom is 0.266 e. The van der Waals surface area contributed by atoms with Gasteiger partial charge in [-0.2, -0.15) is 5.26 Å². The monoisotopic (exact) mass is 395 g/mol. The van der Waals surface area contributed by atoms with E-state index in [0.29, 0.717) is 16.7 Å². The lowest BCUT2D eigenvalue weighted by atomic mass is 9.82. The van der Waals surface area contributed by atoms with Crippen molar-refractivity contribution in [3.8, 4) is 17.2 Å². The first-order valence-corrected chi connectivity index (χ1v) is 9.69. The normalized spacial score (nSPS) is 18.2. The number of nitrogens with zero attached hydrogens (tertiary/aromatic N) is 4. The third-order valence-corrected chi connectivity index (χ3v) is 5.45. The summed E-state index contributed by atoms with van der Waals surface area (Å²) in [5.74, 6) is -0.0644. The zero-order valence-electron chi connectivity index (χ0n) is 16.8. The van der Waals surface area contributed by atoms with Crippen LogP contribution in [0.5, 0.6) is 0 Å². The molecule has 6 nitrogen and oxygen atoms in total. The lowest BCUT2D eigenvalue weighted by Gasteiger charge is -2.26. The topological polar surface area (TPSA) is 95.4 Å². The molecule has 3 aromatic rings. The molecule has 148 valence electrons. The number of hydrogen-bond donors (Lipinski definition) is 1. The number of nitriles is 1. The first kappa shape index (κ1) is 19.3. The van der Waals surface area contributed by atoms with E-state index in [0.717, 1.165) is 23.2 Å². The second-order valence-corrected chi connectivity index (χ2v) is 7.21. The lowest BCUT2D eigenvalue weighted by Crippen LogP contribution is -2.41. The standard InChI is InChI=1S/C24H21N5O/c1-3-21-11-10-20(15-27-21)24(22(30)29(2)23(26)28-24)19-9-5-8-18(13-19)17-7-4-6-16(12-17)14-25/h4-13,15H,3H2,1-2H3,(H2,26,28). The highest BCUT2D eigenvalue weighted by Gasteiger charge is 2.49. The second-order valence-electron chi connectivity index (χ2n) is 7.21. The Kier molecular flexibility index (Phi) is 4.80. The summed E-state index contributed by atoms with van der Waals surface area (Å²) in [5, 5.41) is 9.22. The minimum Gasteiger partial charge on any atom is -0.369 e. The predicted molar refractivity (Wildman–Crippen MR) is 115 cm³/mol. The summed E-state index contributed by atoms with van der Waals surface area (Å²) in [5.41, 5.74) is 9.43. The molecular weight excluding hydrogens is 374 g/mol. The molecule has 2 heterocycles. The van der Waals surface area contributed by atoms with Crippen molar-refractivity contribution >= 4 is 11.9 Å².